The van der Waals surface area contributed by atoms with Gasteiger partial charge >= 0.3 is 0 Å². The lowest BCUT2D eigenvalue weighted by Gasteiger charge is -2.25. The summed E-state index contributed by atoms with van der Waals surface area (Å²) in [6, 6.07) is 7.91. The average molecular weight is 351 g/mol. The molecule has 3 heterocycles. The van der Waals surface area contributed by atoms with E-state index in [4.69, 9.17) is 0 Å². The minimum atomic E-state index is -0.00581. The number of hydrogen-bond acceptors (Lipinski definition) is 5. The van der Waals surface area contributed by atoms with Gasteiger partial charge in [-0.25, -0.2) is 0 Å². The molecule has 2 aromatic heterocycles. The second-order valence-corrected chi connectivity index (χ2v) is 7.51. The van der Waals surface area contributed by atoms with Gasteiger partial charge in [0.05, 0.1) is 23.0 Å². The maximum absolute atomic E-state index is 13.2. The summed E-state index contributed by atoms with van der Waals surface area (Å²) < 4.78 is 0. The number of amides is 1. The fraction of sp³-hybridized carbons (Fsp3) is 0.500. The van der Waals surface area contributed by atoms with Gasteiger partial charge in [0.2, 0.25) is 0 Å². The summed E-state index contributed by atoms with van der Waals surface area (Å²) in [6.45, 7) is 2.69. The molecule has 0 radical (unpaired) electrons. The van der Waals surface area contributed by atoms with Gasteiger partial charge in [-0.05, 0) is 56.9 Å². The van der Waals surface area contributed by atoms with Crippen molar-refractivity contribution in [1.29, 1.82) is 0 Å². The number of anilines is 1. The molecule has 1 unspecified atom stereocenters. The van der Waals surface area contributed by atoms with Crippen LogP contribution < -0.4 is 4.90 Å². The van der Waals surface area contributed by atoms with Crippen molar-refractivity contribution in [3.8, 4) is 0 Å². The highest BCUT2D eigenvalue weighted by molar-refractivity contribution is 5.95. The van der Waals surface area contributed by atoms with Gasteiger partial charge in [0.15, 0.2) is 5.82 Å². The summed E-state index contributed by atoms with van der Waals surface area (Å²) in [5.74, 6) is 1.47. The minimum Gasteiger partial charge on any atom is -0.361 e. The van der Waals surface area contributed by atoms with Gasteiger partial charge in [-0.2, -0.15) is 5.10 Å². The molecule has 0 spiro atoms. The fourth-order valence-electron chi connectivity index (χ4n) is 3.64. The molecule has 1 amide bonds. The lowest BCUT2D eigenvalue weighted by Crippen LogP contribution is -2.32. The summed E-state index contributed by atoms with van der Waals surface area (Å²) in [6.07, 6.45) is 4.35. The Morgan fingerprint density at radius 1 is 1.08 bits per heavy atom. The Morgan fingerprint density at radius 3 is 2.46 bits per heavy atom. The standard InChI is InChI=1S/C20H25N5O/c1-13-15(8-9-16(21-13)14-6-7-14)20(26)25-12-4-5-18(25)17-10-11-19(23-22-17)24(2)3/h8-11,14,18H,4-7,12H2,1-3H3. The summed E-state index contributed by atoms with van der Waals surface area (Å²) in [4.78, 5) is 21.7. The highest BCUT2D eigenvalue weighted by Crippen LogP contribution is 2.39. The number of nitrogens with zero attached hydrogens (tertiary/aromatic N) is 5. The zero-order chi connectivity index (χ0) is 18.3. The van der Waals surface area contributed by atoms with Crippen LogP contribution in [0.3, 0.4) is 0 Å². The first-order chi connectivity index (χ1) is 12.5. The maximum Gasteiger partial charge on any atom is 0.256 e. The fourth-order valence-corrected chi connectivity index (χ4v) is 3.64. The van der Waals surface area contributed by atoms with E-state index in [9.17, 15) is 4.79 Å². The topological polar surface area (TPSA) is 62.2 Å². The molecule has 2 aromatic rings. The Kier molecular flexibility index (Phi) is 4.34. The lowest BCUT2D eigenvalue weighted by molar-refractivity contribution is 0.0731. The van der Waals surface area contributed by atoms with Crippen LogP contribution in [0.4, 0.5) is 5.82 Å². The van der Waals surface area contributed by atoms with Crippen LogP contribution in [0.5, 0.6) is 0 Å². The third-order valence-electron chi connectivity index (χ3n) is 5.32. The number of carbonyl (C=O) groups excluding carboxylic acids is 1. The molecule has 1 aliphatic heterocycles. The molecule has 6 heteroatoms. The van der Waals surface area contributed by atoms with Crippen molar-refractivity contribution in [1.82, 2.24) is 20.1 Å². The molecule has 0 aromatic carbocycles. The molecule has 0 bridgehead atoms. The average Bonchev–Trinajstić information content (AvgIpc) is 3.38. The van der Waals surface area contributed by atoms with Crippen molar-refractivity contribution in [3.05, 3.63) is 46.9 Å². The van der Waals surface area contributed by atoms with E-state index in [1.807, 2.05) is 55.1 Å². The van der Waals surface area contributed by atoms with E-state index < -0.39 is 0 Å². The van der Waals surface area contributed by atoms with Crippen LogP contribution in [0.15, 0.2) is 24.3 Å². The molecular formula is C20H25N5O. The molecule has 1 atom stereocenters. The van der Waals surface area contributed by atoms with Crippen molar-refractivity contribution in [2.45, 2.75) is 44.6 Å². The van der Waals surface area contributed by atoms with Gasteiger partial charge < -0.3 is 9.80 Å². The highest BCUT2D eigenvalue weighted by atomic mass is 16.2. The highest BCUT2D eigenvalue weighted by Gasteiger charge is 2.33. The predicted octanol–water partition coefficient (Wildman–Crippen LogP) is 3.10. The van der Waals surface area contributed by atoms with Gasteiger partial charge in [-0.1, -0.05) is 0 Å². The summed E-state index contributed by atoms with van der Waals surface area (Å²) in [5, 5.41) is 8.65. The minimum absolute atomic E-state index is 0.00581. The Hall–Kier alpha value is -2.50. The molecular weight excluding hydrogens is 326 g/mol. The van der Waals surface area contributed by atoms with Gasteiger partial charge in [0, 0.05) is 32.3 Å². The van der Waals surface area contributed by atoms with Crippen LogP contribution in [-0.2, 0) is 0 Å². The summed E-state index contributed by atoms with van der Waals surface area (Å²) in [7, 11) is 3.88. The van der Waals surface area contributed by atoms with E-state index in [2.05, 4.69) is 15.2 Å². The van der Waals surface area contributed by atoms with Gasteiger partial charge in [0.1, 0.15) is 0 Å². The monoisotopic (exact) mass is 351 g/mol. The van der Waals surface area contributed by atoms with Crippen molar-refractivity contribution < 1.29 is 4.79 Å². The normalized spacial score (nSPS) is 19.7. The third kappa shape index (κ3) is 3.16. The van der Waals surface area contributed by atoms with E-state index in [0.717, 1.165) is 42.3 Å². The number of pyridine rings is 1. The summed E-state index contributed by atoms with van der Waals surface area (Å²) >= 11 is 0. The first kappa shape index (κ1) is 16.9. The largest absolute Gasteiger partial charge is 0.361 e. The van der Waals surface area contributed by atoms with Crippen LogP contribution in [-0.4, -0.2) is 46.6 Å². The molecule has 1 aliphatic carbocycles. The Labute approximate surface area is 154 Å². The zero-order valence-electron chi connectivity index (χ0n) is 15.6. The predicted molar refractivity (Wildman–Crippen MR) is 100 cm³/mol. The van der Waals surface area contributed by atoms with E-state index in [-0.39, 0.29) is 11.9 Å². The lowest BCUT2D eigenvalue weighted by atomic mass is 10.1. The first-order valence-corrected chi connectivity index (χ1v) is 9.34. The quantitative estimate of drug-likeness (QED) is 0.847. The maximum atomic E-state index is 13.2. The molecule has 26 heavy (non-hydrogen) atoms. The number of rotatable bonds is 4. The smallest absolute Gasteiger partial charge is 0.256 e. The third-order valence-corrected chi connectivity index (χ3v) is 5.32. The van der Waals surface area contributed by atoms with Crippen molar-refractivity contribution in [3.63, 3.8) is 0 Å². The van der Waals surface area contributed by atoms with Crippen molar-refractivity contribution in [2.75, 3.05) is 25.5 Å². The molecule has 2 fully saturated rings. The second kappa shape index (κ2) is 6.67. The van der Waals surface area contributed by atoms with E-state index >= 15 is 0 Å². The van der Waals surface area contributed by atoms with Gasteiger partial charge in [-0.3, -0.25) is 9.78 Å². The van der Waals surface area contributed by atoms with Gasteiger partial charge in [0.25, 0.3) is 5.91 Å². The second-order valence-electron chi connectivity index (χ2n) is 7.51. The van der Waals surface area contributed by atoms with Crippen LogP contribution >= 0.6 is 0 Å². The van der Waals surface area contributed by atoms with Crippen LogP contribution in [0.25, 0.3) is 0 Å². The first-order valence-electron chi connectivity index (χ1n) is 9.34. The Bertz CT molecular complexity index is 813. The Morgan fingerprint density at radius 2 is 1.85 bits per heavy atom. The molecule has 4 rings (SSSR count). The van der Waals surface area contributed by atoms with Crippen LogP contribution in [0, 0.1) is 6.92 Å². The number of hydrogen-bond donors (Lipinski definition) is 0. The molecule has 2 aliphatic rings. The SMILES string of the molecule is Cc1nc(C2CC2)ccc1C(=O)N1CCCC1c1ccc(N(C)C)nn1. The molecule has 6 nitrogen and oxygen atoms in total. The van der Waals surface area contributed by atoms with Crippen molar-refractivity contribution in [2.24, 2.45) is 0 Å². The number of carbonyl (C=O) groups is 1. The molecule has 1 saturated heterocycles. The number of aryl methyl sites for hydroxylation is 1. The number of aromatic nitrogens is 3. The van der Waals surface area contributed by atoms with E-state index in [1.54, 1.807) is 0 Å². The van der Waals surface area contributed by atoms with Crippen LogP contribution in [0.1, 0.15) is 65.1 Å². The van der Waals surface area contributed by atoms with E-state index in [1.165, 1.54) is 12.8 Å². The zero-order valence-corrected chi connectivity index (χ0v) is 15.6. The van der Waals surface area contributed by atoms with Crippen LogP contribution in [0.2, 0.25) is 0 Å². The summed E-state index contributed by atoms with van der Waals surface area (Å²) in [5.41, 5.74) is 3.53. The van der Waals surface area contributed by atoms with E-state index in [0.29, 0.717) is 11.5 Å². The molecule has 0 N–H and O–H groups in total. The molecule has 136 valence electrons. The van der Waals surface area contributed by atoms with Crippen molar-refractivity contribution >= 4 is 11.7 Å². The van der Waals surface area contributed by atoms with Gasteiger partial charge in [-0.15, -0.1) is 5.10 Å². The number of likely N-dealkylation sites (tertiary alicyclic amines) is 1. The molecule has 1 saturated carbocycles. The Balaban J connectivity index is 1.56.